The first-order valence-corrected chi connectivity index (χ1v) is 4.94. The molecule has 0 aliphatic heterocycles. The maximum atomic E-state index is 3.99. The van der Waals surface area contributed by atoms with E-state index < -0.39 is 0 Å². The van der Waals surface area contributed by atoms with Crippen LogP contribution in [-0.2, 0) is 5.41 Å². The van der Waals surface area contributed by atoms with Crippen molar-refractivity contribution in [2.24, 2.45) is 0 Å². The summed E-state index contributed by atoms with van der Waals surface area (Å²) in [7, 11) is 0. The standard InChI is InChI=1S/C11H15N3/c1-4-11(2,3)9-6-5-7-14-10(9)8-12-13-14/h5-8H,4H2,1-3H3. The number of hydrogen-bond donors (Lipinski definition) is 0. The van der Waals surface area contributed by atoms with E-state index in [2.05, 4.69) is 37.1 Å². The van der Waals surface area contributed by atoms with E-state index in [0.717, 1.165) is 11.9 Å². The number of pyridine rings is 1. The molecule has 0 radical (unpaired) electrons. The van der Waals surface area contributed by atoms with Crippen LogP contribution in [0.3, 0.4) is 0 Å². The maximum absolute atomic E-state index is 3.99. The van der Waals surface area contributed by atoms with Crippen LogP contribution in [0.4, 0.5) is 0 Å². The summed E-state index contributed by atoms with van der Waals surface area (Å²) in [5.41, 5.74) is 2.61. The Morgan fingerprint density at radius 1 is 1.43 bits per heavy atom. The maximum Gasteiger partial charge on any atom is 0.0902 e. The molecule has 0 unspecified atom stereocenters. The number of nitrogens with zero attached hydrogens (tertiary/aromatic N) is 3. The normalized spacial score (nSPS) is 12.2. The fourth-order valence-electron chi connectivity index (χ4n) is 1.62. The molecule has 3 heteroatoms. The molecule has 0 saturated heterocycles. The highest BCUT2D eigenvalue weighted by atomic mass is 15.4. The summed E-state index contributed by atoms with van der Waals surface area (Å²) in [6.07, 6.45) is 4.86. The minimum atomic E-state index is 0.185. The van der Waals surface area contributed by atoms with Gasteiger partial charge in [-0.25, -0.2) is 4.52 Å². The Hall–Kier alpha value is -1.38. The zero-order valence-corrected chi connectivity index (χ0v) is 8.86. The number of hydrogen-bond acceptors (Lipinski definition) is 2. The molecule has 0 aliphatic rings. The minimum Gasteiger partial charge on any atom is -0.220 e. The van der Waals surface area contributed by atoms with Gasteiger partial charge in [0, 0.05) is 6.20 Å². The van der Waals surface area contributed by atoms with E-state index in [4.69, 9.17) is 0 Å². The zero-order chi connectivity index (χ0) is 10.2. The molecule has 0 fully saturated rings. The van der Waals surface area contributed by atoms with Crippen LogP contribution in [0.15, 0.2) is 24.5 Å². The van der Waals surface area contributed by atoms with E-state index in [1.54, 1.807) is 0 Å². The average Bonchev–Trinajstić information content (AvgIpc) is 2.64. The van der Waals surface area contributed by atoms with Crippen LogP contribution in [0.2, 0.25) is 0 Å². The van der Waals surface area contributed by atoms with Crippen LogP contribution in [0.25, 0.3) is 5.52 Å². The van der Waals surface area contributed by atoms with Crippen molar-refractivity contribution in [1.29, 1.82) is 0 Å². The third kappa shape index (κ3) is 1.29. The van der Waals surface area contributed by atoms with E-state index in [9.17, 15) is 0 Å². The molecule has 14 heavy (non-hydrogen) atoms. The Bertz CT molecular complexity index is 442. The van der Waals surface area contributed by atoms with Crippen molar-refractivity contribution < 1.29 is 0 Å². The van der Waals surface area contributed by atoms with Crippen LogP contribution >= 0.6 is 0 Å². The molecule has 2 aromatic rings. The largest absolute Gasteiger partial charge is 0.220 e. The SMILES string of the molecule is CCC(C)(C)c1cccn2nncc12. The van der Waals surface area contributed by atoms with Crippen molar-refractivity contribution in [3.05, 3.63) is 30.1 Å². The van der Waals surface area contributed by atoms with Crippen LogP contribution in [0, 0.1) is 0 Å². The molecule has 0 aliphatic carbocycles. The van der Waals surface area contributed by atoms with Gasteiger partial charge in [0.25, 0.3) is 0 Å². The number of rotatable bonds is 2. The second-order valence-corrected chi connectivity index (χ2v) is 4.22. The molecule has 0 aromatic carbocycles. The third-order valence-electron chi connectivity index (χ3n) is 2.95. The van der Waals surface area contributed by atoms with Crippen LogP contribution in [0.5, 0.6) is 0 Å². The smallest absolute Gasteiger partial charge is 0.0902 e. The molecule has 74 valence electrons. The summed E-state index contributed by atoms with van der Waals surface area (Å²) in [5.74, 6) is 0. The Kier molecular flexibility index (Phi) is 2.02. The van der Waals surface area contributed by atoms with Gasteiger partial charge in [-0.3, -0.25) is 0 Å². The Morgan fingerprint density at radius 3 is 2.93 bits per heavy atom. The van der Waals surface area contributed by atoms with E-state index in [1.807, 2.05) is 23.0 Å². The molecular weight excluding hydrogens is 174 g/mol. The van der Waals surface area contributed by atoms with Gasteiger partial charge in [-0.1, -0.05) is 32.1 Å². The number of fused-ring (bicyclic) bond motifs is 1. The Morgan fingerprint density at radius 2 is 2.21 bits per heavy atom. The van der Waals surface area contributed by atoms with E-state index in [-0.39, 0.29) is 5.41 Å². The predicted molar refractivity (Wildman–Crippen MR) is 56.3 cm³/mol. The summed E-state index contributed by atoms with van der Waals surface area (Å²) < 4.78 is 1.83. The zero-order valence-electron chi connectivity index (χ0n) is 8.86. The first-order chi connectivity index (χ1) is 6.65. The highest BCUT2D eigenvalue weighted by Crippen LogP contribution is 2.29. The van der Waals surface area contributed by atoms with Gasteiger partial charge in [0.15, 0.2) is 0 Å². The van der Waals surface area contributed by atoms with Crippen molar-refractivity contribution in [3.8, 4) is 0 Å². The third-order valence-corrected chi connectivity index (χ3v) is 2.95. The highest BCUT2D eigenvalue weighted by molar-refractivity contribution is 5.55. The lowest BCUT2D eigenvalue weighted by Crippen LogP contribution is -2.16. The van der Waals surface area contributed by atoms with Gasteiger partial charge in [0.05, 0.1) is 11.7 Å². The molecule has 2 rings (SSSR count). The molecule has 3 nitrogen and oxygen atoms in total. The summed E-state index contributed by atoms with van der Waals surface area (Å²) in [5, 5.41) is 7.92. The second kappa shape index (κ2) is 3.08. The lowest BCUT2D eigenvalue weighted by atomic mass is 9.82. The van der Waals surface area contributed by atoms with E-state index >= 15 is 0 Å². The highest BCUT2D eigenvalue weighted by Gasteiger charge is 2.20. The van der Waals surface area contributed by atoms with Crippen LogP contribution in [-0.4, -0.2) is 14.8 Å². The Labute approximate surface area is 83.8 Å². The molecule has 0 N–H and O–H groups in total. The van der Waals surface area contributed by atoms with Crippen molar-refractivity contribution in [2.75, 3.05) is 0 Å². The molecule has 2 aromatic heterocycles. The van der Waals surface area contributed by atoms with Gasteiger partial charge < -0.3 is 0 Å². The van der Waals surface area contributed by atoms with Gasteiger partial charge in [0.1, 0.15) is 0 Å². The van der Waals surface area contributed by atoms with Crippen LogP contribution in [0.1, 0.15) is 32.8 Å². The Balaban J connectivity index is 2.67. The molecule has 0 atom stereocenters. The van der Waals surface area contributed by atoms with Gasteiger partial charge in [-0.15, -0.1) is 5.10 Å². The second-order valence-electron chi connectivity index (χ2n) is 4.22. The summed E-state index contributed by atoms with van der Waals surface area (Å²) in [4.78, 5) is 0. The van der Waals surface area contributed by atoms with Gasteiger partial charge in [-0.2, -0.15) is 0 Å². The average molecular weight is 189 g/mol. The minimum absolute atomic E-state index is 0.185. The molecule has 0 saturated carbocycles. The van der Waals surface area contributed by atoms with Crippen molar-refractivity contribution in [2.45, 2.75) is 32.6 Å². The van der Waals surface area contributed by atoms with Crippen molar-refractivity contribution >= 4 is 5.52 Å². The molecule has 0 spiro atoms. The van der Waals surface area contributed by atoms with Crippen LogP contribution < -0.4 is 0 Å². The summed E-state index contributed by atoms with van der Waals surface area (Å²) in [6.45, 7) is 6.69. The first-order valence-electron chi connectivity index (χ1n) is 4.94. The van der Waals surface area contributed by atoms with Crippen molar-refractivity contribution in [1.82, 2.24) is 14.8 Å². The fourth-order valence-corrected chi connectivity index (χ4v) is 1.62. The summed E-state index contributed by atoms with van der Waals surface area (Å²) >= 11 is 0. The lowest BCUT2D eigenvalue weighted by Gasteiger charge is -2.23. The predicted octanol–water partition coefficient (Wildman–Crippen LogP) is 2.42. The van der Waals surface area contributed by atoms with E-state index in [1.165, 1.54) is 5.56 Å². The number of aromatic nitrogens is 3. The monoisotopic (exact) mass is 189 g/mol. The first kappa shape index (κ1) is 9.19. The van der Waals surface area contributed by atoms with Gasteiger partial charge in [-0.05, 0) is 23.5 Å². The topological polar surface area (TPSA) is 30.2 Å². The molecule has 0 bridgehead atoms. The lowest BCUT2D eigenvalue weighted by molar-refractivity contribution is 0.508. The summed E-state index contributed by atoms with van der Waals surface area (Å²) in [6, 6.07) is 4.18. The quantitative estimate of drug-likeness (QED) is 0.726. The molecule has 0 amide bonds. The van der Waals surface area contributed by atoms with Crippen molar-refractivity contribution in [3.63, 3.8) is 0 Å². The fraction of sp³-hybridized carbons (Fsp3) is 0.455. The van der Waals surface area contributed by atoms with Gasteiger partial charge >= 0.3 is 0 Å². The molecule has 2 heterocycles. The van der Waals surface area contributed by atoms with E-state index in [0.29, 0.717) is 0 Å². The molecular formula is C11H15N3. The van der Waals surface area contributed by atoms with Gasteiger partial charge in [0.2, 0.25) is 0 Å².